The third-order valence-electron chi connectivity index (χ3n) is 3.37. The summed E-state index contributed by atoms with van der Waals surface area (Å²) >= 11 is 0. The van der Waals surface area contributed by atoms with E-state index in [9.17, 15) is 0 Å². The van der Waals surface area contributed by atoms with Crippen molar-refractivity contribution in [2.75, 3.05) is 0 Å². The summed E-state index contributed by atoms with van der Waals surface area (Å²) in [5.74, 6) is 0.832. The SMILES string of the molecule is CC=Cc1ccc(C2CCCCC2)cc1. The molecular weight excluding hydrogens is 180 g/mol. The summed E-state index contributed by atoms with van der Waals surface area (Å²) in [6, 6.07) is 9.10. The molecule has 0 saturated heterocycles. The first kappa shape index (κ1) is 10.5. The highest BCUT2D eigenvalue weighted by molar-refractivity contribution is 5.49. The van der Waals surface area contributed by atoms with E-state index in [1.807, 2.05) is 0 Å². The van der Waals surface area contributed by atoms with Gasteiger partial charge in [-0.25, -0.2) is 0 Å². The van der Waals surface area contributed by atoms with Crippen LogP contribution in [0.3, 0.4) is 0 Å². The quantitative estimate of drug-likeness (QED) is 0.645. The van der Waals surface area contributed by atoms with Gasteiger partial charge in [-0.3, -0.25) is 0 Å². The van der Waals surface area contributed by atoms with Crippen molar-refractivity contribution in [2.24, 2.45) is 0 Å². The summed E-state index contributed by atoms with van der Waals surface area (Å²) in [4.78, 5) is 0. The molecule has 0 heterocycles. The number of hydrogen-bond acceptors (Lipinski definition) is 0. The van der Waals surface area contributed by atoms with Gasteiger partial charge < -0.3 is 0 Å². The summed E-state index contributed by atoms with van der Waals surface area (Å²) in [7, 11) is 0. The van der Waals surface area contributed by atoms with Crippen LogP contribution in [0, 0.1) is 0 Å². The predicted molar refractivity (Wildman–Crippen MR) is 67.0 cm³/mol. The van der Waals surface area contributed by atoms with Gasteiger partial charge >= 0.3 is 0 Å². The van der Waals surface area contributed by atoms with Gasteiger partial charge in [-0.1, -0.05) is 55.7 Å². The molecule has 1 aromatic rings. The average Bonchev–Trinajstić information content (AvgIpc) is 2.32. The number of benzene rings is 1. The van der Waals surface area contributed by atoms with Gasteiger partial charge in [-0.15, -0.1) is 0 Å². The second-order valence-electron chi connectivity index (χ2n) is 4.50. The molecule has 15 heavy (non-hydrogen) atoms. The fourth-order valence-electron chi connectivity index (χ4n) is 2.51. The van der Waals surface area contributed by atoms with Crippen LogP contribution in [-0.4, -0.2) is 0 Å². The molecule has 0 aliphatic heterocycles. The first-order chi connectivity index (χ1) is 7.40. The lowest BCUT2D eigenvalue weighted by Crippen LogP contribution is -2.04. The van der Waals surface area contributed by atoms with Crippen molar-refractivity contribution < 1.29 is 0 Å². The van der Waals surface area contributed by atoms with Crippen molar-refractivity contribution in [3.05, 3.63) is 41.5 Å². The molecule has 0 amide bonds. The molecule has 0 radical (unpaired) electrons. The lowest BCUT2D eigenvalue weighted by atomic mass is 9.84. The van der Waals surface area contributed by atoms with Crippen LogP contribution in [0.1, 0.15) is 56.1 Å². The Balaban J connectivity index is 2.08. The molecule has 0 heteroatoms. The molecule has 0 aromatic heterocycles. The third-order valence-corrected chi connectivity index (χ3v) is 3.37. The van der Waals surface area contributed by atoms with Crippen LogP contribution in [0.25, 0.3) is 6.08 Å². The molecule has 1 fully saturated rings. The molecule has 1 saturated carbocycles. The van der Waals surface area contributed by atoms with Crippen molar-refractivity contribution in [3.63, 3.8) is 0 Å². The molecule has 0 nitrogen and oxygen atoms in total. The van der Waals surface area contributed by atoms with E-state index in [-0.39, 0.29) is 0 Å². The Morgan fingerprint density at radius 3 is 2.27 bits per heavy atom. The van der Waals surface area contributed by atoms with Crippen molar-refractivity contribution >= 4 is 6.08 Å². The van der Waals surface area contributed by atoms with E-state index >= 15 is 0 Å². The zero-order chi connectivity index (χ0) is 10.5. The van der Waals surface area contributed by atoms with E-state index in [2.05, 4.69) is 43.3 Å². The lowest BCUT2D eigenvalue weighted by Gasteiger charge is -2.21. The average molecular weight is 200 g/mol. The van der Waals surface area contributed by atoms with E-state index in [0.29, 0.717) is 0 Å². The first-order valence-corrected chi connectivity index (χ1v) is 6.13. The molecule has 0 atom stereocenters. The van der Waals surface area contributed by atoms with Crippen LogP contribution < -0.4 is 0 Å². The Morgan fingerprint density at radius 1 is 1.00 bits per heavy atom. The minimum absolute atomic E-state index is 0.832. The van der Waals surface area contributed by atoms with Gasteiger partial charge in [0.25, 0.3) is 0 Å². The van der Waals surface area contributed by atoms with E-state index in [0.717, 1.165) is 5.92 Å². The molecule has 1 aliphatic carbocycles. The Morgan fingerprint density at radius 2 is 1.67 bits per heavy atom. The Kier molecular flexibility index (Phi) is 3.60. The maximum absolute atomic E-state index is 2.31. The highest BCUT2D eigenvalue weighted by Gasteiger charge is 2.14. The first-order valence-electron chi connectivity index (χ1n) is 6.13. The normalized spacial score (nSPS) is 18.5. The summed E-state index contributed by atoms with van der Waals surface area (Å²) in [6.07, 6.45) is 11.3. The Hall–Kier alpha value is -1.04. The molecule has 0 bridgehead atoms. The smallest absolute Gasteiger partial charge is 0.0162 e. The largest absolute Gasteiger partial charge is 0.0871 e. The summed E-state index contributed by atoms with van der Waals surface area (Å²) in [5.41, 5.74) is 2.86. The van der Waals surface area contributed by atoms with Crippen LogP contribution in [0.15, 0.2) is 30.3 Å². The van der Waals surface area contributed by atoms with Gasteiger partial charge in [0.2, 0.25) is 0 Å². The van der Waals surface area contributed by atoms with Crippen molar-refractivity contribution in [3.8, 4) is 0 Å². The van der Waals surface area contributed by atoms with Gasteiger partial charge in [0.15, 0.2) is 0 Å². The zero-order valence-electron chi connectivity index (χ0n) is 9.58. The number of hydrogen-bond donors (Lipinski definition) is 0. The second kappa shape index (κ2) is 5.16. The summed E-state index contributed by atoms with van der Waals surface area (Å²) in [6.45, 7) is 2.06. The van der Waals surface area contributed by atoms with Crippen LogP contribution in [-0.2, 0) is 0 Å². The fourth-order valence-corrected chi connectivity index (χ4v) is 2.51. The molecule has 2 rings (SSSR count). The molecule has 1 aromatic carbocycles. The standard InChI is InChI=1S/C15H20/c1-2-6-13-9-11-15(12-10-13)14-7-4-3-5-8-14/h2,6,9-12,14H,3-5,7-8H2,1H3. The molecule has 80 valence electrons. The summed E-state index contributed by atoms with van der Waals surface area (Å²) in [5, 5.41) is 0. The van der Waals surface area contributed by atoms with Crippen LogP contribution in [0.5, 0.6) is 0 Å². The second-order valence-corrected chi connectivity index (χ2v) is 4.50. The Labute approximate surface area is 93.0 Å². The van der Waals surface area contributed by atoms with Crippen molar-refractivity contribution in [1.82, 2.24) is 0 Å². The maximum atomic E-state index is 2.31. The number of allylic oxidation sites excluding steroid dienone is 1. The number of rotatable bonds is 2. The predicted octanol–water partition coefficient (Wildman–Crippen LogP) is 4.77. The minimum atomic E-state index is 0.832. The third kappa shape index (κ3) is 2.71. The van der Waals surface area contributed by atoms with Crippen LogP contribution >= 0.6 is 0 Å². The van der Waals surface area contributed by atoms with E-state index in [1.54, 1.807) is 5.56 Å². The molecular formula is C15H20. The van der Waals surface area contributed by atoms with Crippen molar-refractivity contribution in [1.29, 1.82) is 0 Å². The molecule has 0 unspecified atom stereocenters. The monoisotopic (exact) mass is 200 g/mol. The zero-order valence-corrected chi connectivity index (χ0v) is 9.58. The highest BCUT2D eigenvalue weighted by atomic mass is 14.2. The van der Waals surface area contributed by atoms with Gasteiger partial charge in [-0.2, -0.15) is 0 Å². The van der Waals surface area contributed by atoms with Gasteiger partial charge in [0, 0.05) is 0 Å². The Bertz CT molecular complexity index is 312. The van der Waals surface area contributed by atoms with Gasteiger partial charge in [0.05, 0.1) is 0 Å². The van der Waals surface area contributed by atoms with E-state index < -0.39 is 0 Å². The fraction of sp³-hybridized carbons (Fsp3) is 0.467. The highest BCUT2D eigenvalue weighted by Crippen LogP contribution is 2.32. The van der Waals surface area contributed by atoms with Crippen molar-refractivity contribution in [2.45, 2.75) is 44.9 Å². The van der Waals surface area contributed by atoms with Crippen LogP contribution in [0.2, 0.25) is 0 Å². The van der Waals surface area contributed by atoms with E-state index in [4.69, 9.17) is 0 Å². The van der Waals surface area contributed by atoms with Gasteiger partial charge in [0.1, 0.15) is 0 Å². The topological polar surface area (TPSA) is 0 Å². The molecule has 0 spiro atoms. The summed E-state index contributed by atoms with van der Waals surface area (Å²) < 4.78 is 0. The minimum Gasteiger partial charge on any atom is -0.0871 e. The maximum Gasteiger partial charge on any atom is -0.0162 e. The van der Waals surface area contributed by atoms with E-state index in [1.165, 1.54) is 37.7 Å². The molecule has 0 N–H and O–H groups in total. The molecule has 1 aliphatic rings. The lowest BCUT2D eigenvalue weighted by molar-refractivity contribution is 0.443. The van der Waals surface area contributed by atoms with Gasteiger partial charge in [-0.05, 0) is 36.8 Å². The van der Waals surface area contributed by atoms with Crippen LogP contribution in [0.4, 0.5) is 0 Å².